The van der Waals surface area contributed by atoms with Crippen molar-refractivity contribution in [2.45, 2.75) is 51.1 Å². The van der Waals surface area contributed by atoms with Crippen LogP contribution in [0, 0.1) is 0 Å². The van der Waals surface area contributed by atoms with Crippen LogP contribution >= 0.6 is 0 Å². The lowest BCUT2D eigenvalue weighted by Gasteiger charge is -2.40. The van der Waals surface area contributed by atoms with Crippen molar-refractivity contribution < 1.29 is 5.21 Å². The fourth-order valence-electron chi connectivity index (χ4n) is 3.40. The molecule has 1 aliphatic carbocycles. The highest BCUT2D eigenvalue weighted by Gasteiger charge is 2.29. The molecule has 1 saturated carbocycles. The average molecular weight is 254 g/mol. The SMILES string of the molecule is CCC(C(N)=NO)N1CCN(C2CCCC2)CC1. The van der Waals surface area contributed by atoms with Crippen LogP contribution in [-0.4, -0.2) is 59.1 Å². The van der Waals surface area contributed by atoms with Gasteiger partial charge >= 0.3 is 0 Å². The molecule has 18 heavy (non-hydrogen) atoms. The van der Waals surface area contributed by atoms with E-state index >= 15 is 0 Å². The molecule has 2 aliphatic rings. The molecule has 1 saturated heterocycles. The number of amidine groups is 1. The second kappa shape index (κ2) is 6.38. The lowest BCUT2D eigenvalue weighted by molar-refractivity contribution is 0.0846. The number of nitrogens with zero attached hydrogens (tertiary/aromatic N) is 3. The highest BCUT2D eigenvalue weighted by atomic mass is 16.4. The van der Waals surface area contributed by atoms with Crippen molar-refractivity contribution in [2.75, 3.05) is 26.2 Å². The van der Waals surface area contributed by atoms with E-state index in [1.165, 1.54) is 25.7 Å². The molecule has 5 nitrogen and oxygen atoms in total. The third-order valence-electron chi connectivity index (χ3n) is 4.47. The van der Waals surface area contributed by atoms with Gasteiger partial charge in [-0.15, -0.1) is 0 Å². The van der Waals surface area contributed by atoms with Crippen LogP contribution in [0.1, 0.15) is 39.0 Å². The van der Waals surface area contributed by atoms with Gasteiger partial charge < -0.3 is 10.9 Å². The number of hydrogen-bond donors (Lipinski definition) is 2. The molecule has 0 aromatic carbocycles. The Hall–Kier alpha value is -0.810. The van der Waals surface area contributed by atoms with Gasteiger partial charge in [-0.2, -0.15) is 0 Å². The van der Waals surface area contributed by atoms with E-state index in [1.54, 1.807) is 0 Å². The molecular weight excluding hydrogens is 228 g/mol. The molecular formula is C13H26N4O. The topological polar surface area (TPSA) is 65.1 Å². The van der Waals surface area contributed by atoms with Gasteiger partial charge in [0.2, 0.25) is 0 Å². The zero-order chi connectivity index (χ0) is 13.0. The van der Waals surface area contributed by atoms with Crippen molar-refractivity contribution in [2.24, 2.45) is 10.9 Å². The van der Waals surface area contributed by atoms with Gasteiger partial charge in [0.15, 0.2) is 5.84 Å². The molecule has 0 aromatic heterocycles. The van der Waals surface area contributed by atoms with Crippen LogP contribution in [0.25, 0.3) is 0 Å². The zero-order valence-electron chi connectivity index (χ0n) is 11.4. The molecule has 5 heteroatoms. The van der Waals surface area contributed by atoms with Crippen LogP contribution in [0.3, 0.4) is 0 Å². The Morgan fingerprint density at radius 1 is 1.28 bits per heavy atom. The quantitative estimate of drug-likeness (QED) is 0.341. The maximum atomic E-state index is 8.82. The molecule has 2 rings (SSSR count). The Balaban J connectivity index is 1.85. The van der Waals surface area contributed by atoms with Crippen molar-refractivity contribution in [3.63, 3.8) is 0 Å². The third kappa shape index (κ3) is 2.95. The number of oxime groups is 1. The van der Waals surface area contributed by atoms with Crippen LogP contribution in [-0.2, 0) is 0 Å². The van der Waals surface area contributed by atoms with Gasteiger partial charge in [0.25, 0.3) is 0 Å². The first kappa shape index (κ1) is 13.6. The summed E-state index contributed by atoms with van der Waals surface area (Å²) in [5.41, 5.74) is 5.76. The van der Waals surface area contributed by atoms with E-state index in [9.17, 15) is 0 Å². The number of hydrogen-bond acceptors (Lipinski definition) is 4. The number of rotatable bonds is 4. The first-order chi connectivity index (χ1) is 8.76. The Bertz CT molecular complexity index is 281. The molecule has 0 amide bonds. The molecule has 1 atom stereocenters. The van der Waals surface area contributed by atoms with Crippen LogP contribution in [0.5, 0.6) is 0 Å². The zero-order valence-corrected chi connectivity index (χ0v) is 11.4. The molecule has 2 fully saturated rings. The van der Waals surface area contributed by atoms with Gasteiger partial charge in [-0.1, -0.05) is 24.9 Å². The maximum Gasteiger partial charge on any atom is 0.156 e. The van der Waals surface area contributed by atoms with E-state index in [0.717, 1.165) is 38.6 Å². The molecule has 3 N–H and O–H groups in total. The molecule has 0 aromatic rings. The summed E-state index contributed by atoms with van der Waals surface area (Å²) in [6, 6.07) is 0.914. The number of piperazine rings is 1. The van der Waals surface area contributed by atoms with Crippen molar-refractivity contribution >= 4 is 5.84 Å². The monoisotopic (exact) mass is 254 g/mol. The summed E-state index contributed by atoms with van der Waals surface area (Å²) < 4.78 is 0. The van der Waals surface area contributed by atoms with E-state index in [4.69, 9.17) is 10.9 Å². The fourth-order valence-corrected chi connectivity index (χ4v) is 3.40. The summed E-state index contributed by atoms with van der Waals surface area (Å²) >= 11 is 0. The van der Waals surface area contributed by atoms with E-state index < -0.39 is 0 Å². The van der Waals surface area contributed by atoms with E-state index in [2.05, 4.69) is 21.9 Å². The van der Waals surface area contributed by atoms with Crippen LogP contribution in [0.15, 0.2) is 5.16 Å². The summed E-state index contributed by atoms with van der Waals surface area (Å²) in [4.78, 5) is 4.98. The smallest absolute Gasteiger partial charge is 0.156 e. The van der Waals surface area contributed by atoms with Gasteiger partial charge in [-0.05, 0) is 19.3 Å². The van der Waals surface area contributed by atoms with Gasteiger partial charge in [0, 0.05) is 32.2 Å². The van der Waals surface area contributed by atoms with Gasteiger partial charge in [-0.25, -0.2) is 0 Å². The van der Waals surface area contributed by atoms with E-state index in [0.29, 0.717) is 5.84 Å². The minimum Gasteiger partial charge on any atom is -0.409 e. The minimum atomic E-state index is 0.0979. The second-order valence-electron chi connectivity index (χ2n) is 5.46. The first-order valence-electron chi connectivity index (χ1n) is 7.21. The Kier molecular flexibility index (Phi) is 4.83. The Morgan fingerprint density at radius 2 is 1.89 bits per heavy atom. The largest absolute Gasteiger partial charge is 0.409 e. The fraction of sp³-hybridized carbons (Fsp3) is 0.923. The first-order valence-corrected chi connectivity index (χ1v) is 7.21. The van der Waals surface area contributed by atoms with E-state index in [-0.39, 0.29) is 6.04 Å². The van der Waals surface area contributed by atoms with Crippen LogP contribution < -0.4 is 5.73 Å². The second-order valence-corrected chi connectivity index (χ2v) is 5.46. The van der Waals surface area contributed by atoms with Crippen molar-refractivity contribution in [1.82, 2.24) is 9.80 Å². The molecule has 1 unspecified atom stereocenters. The van der Waals surface area contributed by atoms with Crippen LogP contribution in [0.2, 0.25) is 0 Å². The molecule has 1 heterocycles. The van der Waals surface area contributed by atoms with Gasteiger partial charge in [-0.3, -0.25) is 9.80 Å². The maximum absolute atomic E-state index is 8.82. The Morgan fingerprint density at radius 3 is 2.39 bits per heavy atom. The van der Waals surface area contributed by atoms with Crippen molar-refractivity contribution in [1.29, 1.82) is 0 Å². The molecule has 0 radical (unpaired) electrons. The summed E-state index contributed by atoms with van der Waals surface area (Å²) in [7, 11) is 0. The molecule has 1 aliphatic heterocycles. The normalized spacial score (nSPS) is 26.6. The average Bonchev–Trinajstić information content (AvgIpc) is 2.94. The van der Waals surface area contributed by atoms with Crippen LogP contribution in [0.4, 0.5) is 0 Å². The standard InChI is InChI=1S/C13H26N4O/c1-2-12(13(14)15-18)17-9-7-16(8-10-17)11-5-3-4-6-11/h11-12,18H,2-10H2,1H3,(H2,14,15). The molecule has 0 spiro atoms. The highest BCUT2D eigenvalue weighted by molar-refractivity contribution is 5.85. The van der Waals surface area contributed by atoms with Crippen molar-refractivity contribution in [3.8, 4) is 0 Å². The van der Waals surface area contributed by atoms with Gasteiger partial charge in [0.1, 0.15) is 0 Å². The summed E-state index contributed by atoms with van der Waals surface area (Å²) in [5.74, 6) is 0.354. The number of nitrogens with two attached hydrogens (primary N) is 1. The summed E-state index contributed by atoms with van der Waals surface area (Å²) in [6.07, 6.45) is 6.44. The lowest BCUT2D eigenvalue weighted by Crippen LogP contribution is -2.55. The summed E-state index contributed by atoms with van der Waals surface area (Å²) in [5, 5.41) is 12.0. The highest BCUT2D eigenvalue weighted by Crippen LogP contribution is 2.24. The minimum absolute atomic E-state index is 0.0979. The van der Waals surface area contributed by atoms with Gasteiger partial charge in [0.05, 0.1) is 6.04 Å². The lowest BCUT2D eigenvalue weighted by atomic mass is 10.1. The van der Waals surface area contributed by atoms with E-state index in [1.807, 2.05) is 0 Å². The molecule has 0 bridgehead atoms. The molecule has 104 valence electrons. The predicted molar refractivity (Wildman–Crippen MR) is 72.9 cm³/mol. The summed E-state index contributed by atoms with van der Waals surface area (Å²) in [6.45, 7) is 6.41. The Labute approximate surface area is 110 Å². The predicted octanol–water partition coefficient (Wildman–Crippen LogP) is 1.07. The van der Waals surface area contributed by atoms with Crippen molar-refractivity contribution in [3.05, 3.63) is 0 Å². The third-order valence-corrected chi connectivity index (χ3v) is 4.47.